The molecule has 3 aromatic carbocycles. The average Bonchev–Trinajstić information content (AvgIpc) is 2.55. The normalized spacial score (nSPS) is 11.0. The van der Waals surface area contributed by atoms with E-state index >= 15 is 0 Å². The van der Waals surface area contributed by atoms with Gasteiger partial charge in [0.15, 0.2) is 0 Å². The highest BCUT2D eigenvalue weighted by Crippen LogP contribution is 2.22. The Hall–Kier alpha value is -2.94. The molecule has 1 N–H and O–H groups in total. The lowest BCUT2D eigenvalue weighted by atomic mass is 10.1. The number of anilines is 1. The molecule has 0 aliphatic rings. The van der Waals surface area contributed by atoms with Crippen molar-refractivity contribution in [1.29, 1.82) is 0 Å². The molecule has 0 radical (unpaired) electrons. The first kappa shape index (κ1) is 14.0. The second kappa shape index (κ2) is 6.22. The van der Waals surface area contributed by atoms with Crippen LogP contribution >= 0.6 is 0 Å². The van der Waals surface area contributed by atoms with Crippen LogP contribution in [0.15, 0.2) is 72.8 Å². The molecule has 0 atom stereocenters. The molecule has 3 aromatic rings. The van der Waals surface area contributed by atoms with Gasteiger partial charge in [0, 0.05) is 17.1 Å². The number of amides is 1. The molecule has 0 spiro atoms. The van der Waals surface area contributed by atoms with Crippen LogP contribution in [0.2, 0.25) is 0 Å². The van der Waals surface area contributed by atoms with Crippen molar-refractivity contribution < 1.29 is 9.18 Å². The van der Waals surface area contributed by atoms with Crippen LogP contribution in [0.4, 0.5) is 10.1 Å². The summed E-state index contributed by atoms with van der Waals surface area (Å²) in [6.07, 6.45) is 3.09. The Morgan fingerprint density at radius 1 is 0.909 bits per heavy atom. The molecule has 22 heavy (non-hydrogen) atoms. The van der Waals surface area contributed by atoms with Crippen LogP contribution in [-0.2, 0) is 4.79 Å². The summed E-state index contributed by atoms with van der Waals surface area (Å²) in [7, 11) is 0. The zero-order chi connectivity index (χ0) is 15.4. The zero-order valence-electron chi connectivity index (χ0n) is 11.8. The van der Waals surface area contributed by atoms with Crippen LogP contribution in [-0.4, -0.2) is 5.91 Å². The molecule has 0 saturated heterocycles. The molecule has 108 valence electrons. The predicted molar refractivity (Wildman–Crippen MR) is 88.0 cm³/mol. The van der Waals surface area contributed by atoms with Crippen LogP contribution in [0.25, 0.3) is 16.8 Å². The van der Waals surface area contributed by atoms with Gasteiger partial charge in [0.25, 0.3) is 0 Å². The van der Waals surface area contributed by atoms with E-state index in [0.29, 0.717) is 0 Å². The molecule has 0 bridgehead atoms. The zero-order valence-corrected chi connectivity index (χ0v) is 11.8. The lowest BCUT2D eigenvalue weighted by Crippen LogP contribution is -2.07. The van der Waals surface area contributed by atoms with Crippen molar-refractivity contribution in [1.82, 2.24) is 0 Å². The fraction of sp³-hybridized carbons (Fsp3) is 0. The number of carbonyl (C=O) groups is 1. The molecule has 0 heterocycles. The van der Waals surface area contributed by atoms with Crippen molar-refractivity contribution in [2.24, 2.45) is 0 Å². The number of fused-ring (bicyclic) bond motifs is 1. The number of hydrogen-bond donors (Lipinski definition) is 1. The Labute approximate surface area is 127 Å². The SMILES string of the molecule is O=C(/C=C/c1ccc(F)cc1)Nc1cccc2ccccc12. The van der Waals surface area contributed by atoms with E-state index in [1.807, 2.05) is 42.5 Å². The molecular formula is C19H14FNO. The standard InChI is InChI=1S/C19H14FNO/c20-16-11-8-14(9-12-16)10-13-19(22)21-18-7-3-5-15-4-1-2-6-17(15)18/h1-13H,(H,21,22)/b13-10+. The summed E-state index contributed by atoms with van der Waals surface area (Å²) in [5, 5.41) is 4.93. The fourth-order valence-corrected chi connectivity index (χ4v) is 2.25. The second-order valence-corrected chi connectivity index (χ2v) is 4.90. The number of hydrogen-bond acceptors (Lipinski definition) is 1. The first-order valence-corrected chi connectivity index (χ1v) is 6.95. The Morgan fingerprint density at radius 3 is 2.45 bits per heavy atom. The van der Waals surface area contributed by atoms with E-state index in [0.717, 1.165) is 22.0 Å². The van der Waals surface area contributed by atoms with Crippen molar-refractivity contribution in [3.8, 4) is 0 Å². The van der Waals surface area contributed by atoms with Gasteiger partial charge in [0.1, 0.15) is 5.82 Å². The number of halogens is 1. The van der Waals surface area contributed by atoms with E-state index in [1.54, 1.807) is 18.2 Å². The van der Waals surface area contributed by atoms with Crippen molar-refractivity contribution >= 4 is 28.4 Å². The van der Waals surface area contributed by atoms with E-state index in [1.165, 1.54) is 18.2 Å². The summed E-state index contributed by atoms with van der Waals surface area (Å²) >= 11 is 0. The van der Waals surface area contributed by atoms with Crippen LogP contribution in [0.1, 0.15) is 5.56 Å². The van der Waals surface area contributed by atoms with E-state index < -0.39 is 0 Å². The van der Waals surface area contributed by atoms with Gasteiger partial charge >= 0.3 is 0 Å². The van der Waals surface area contributed by atoms with Gasteiger partial charge in [0.05, 0.1) is 0 Å². The minimum Gasteiger partial charge on any atom is -0.322 e. The lowest BCUT2D eigenvalue weighted by Gasteiger charge is -2.06. The maximum Gasteiger partial charge on any atom is 0.248 e. The fourth-order valence-electron chi connectivity index (χ4n) is 2.25. The van der Waals surface area contributed by atoms with Crippen molar-refractivity contribution in [3.63, 3.8) is 0 Å². The summed E-state index contributed by atoms with van der Waals surface area (Å²) in [5.41, 5.74) is 1.54. The number of rotatable bonds is 3. The van der Waals surface area contributed by atoms with E-state index in [2.05, 4.69) is 5.32 Å². The van der Waals surface area contributed by atoms with Gasteiger partial charge in [-0.3, -0.25) is 4.79 Å². The number of nitrogens with one attached hydrogen (secondary N) is 1. The third-order valence-corrected chi connectivity index (χ3v) is 3.34. The van der Waals surface area contributed by atoms with Crippen LogP contribution < -0.4 is 5.32 Å². The van der Waals surface area contributed by atoms with Crippen molar-refractivity contribution in [2.45, 2.75) is 0 Å². The lowest BCUT2D eigenvalue weighted by molar-refractivity contribution is -0.111. The third-order valence-electron chi connectivity index (χ3n) is 3.34. The Bertz CT molecular complexity index is 832. The van der Waals surface area contributed by atoms with Crippen LogP contribution in [0.3, 0.4) is 0 Å². The molecule has 0 unspecified atom stereocenters. The maximum atomic E-state index is 12.8. The minimum absolute atomic E-state index is 0.222. The molecule has 3 heteroatoms. The molecule has 0 aliphatic heterocycles. The molecule has 3 rings (SSSR count). The molecule has 1 amide bonds. The summed E-state index contributed by atoms with van der Waals surface area (Å²) < 4.78 is 12.8. The monoisotopic (exact) mass is 291 g/mol. The van der Waals surface area contributed by atoms with Gasteiger partial charge in [-0.05, 0) is 35.2 Å². The number of benzene rings is 3. The summed E-state index contributed by atoms with van der Waals surface area (Å²) in [5.74, 6) is -0.516. The molecule has 2 nitrogen and oxygen atoms in total. The average molecular weight is 291 g/mol. The van der Waals surface area contributed by atoms with Gasteiger partial charge < -0.3 is 5.32 Å². The highest BCUT2D eigenvalue weighted by Gasteiger charge is 2.02. The quantitative estimate of drug-likeness (QED) is 0.700. The minimum atomic E-state index is -0.294. The van der Waals surface area contributed by atoms with Gasteiger partial charge in [-0.25, -0.2) is 4.39 Å². The van der Waals surface area contributed by atoms with Gasteiger partial charge in [-0.1, -0.05) is 48.5 Å². The summed E-state index contributed by atoms with van der Waals surface area (Å²) in [6.45, 7) is 0. The molecule has 0 saturated carbocycles. The van der Waals surface area contributed by atoms with Crippen LogP contribution in [0.5, 0.6) is 0 Å². The Kier molecular flexibility index (Phi) is 3.97. The Morgan fingerprint density at radius 2 is 1.64 bits per heavy atom. The molecule has 0 aliphatic carbocycles. The largest absolute Gasteiger partial charge is 0.322 e. The third kappa shape index (κ3) is 3.20. The maximum absolute atomic E-state index is 12.8. The predicted octanol–water partition coefficient (Wildman–Crippen LogP) is 4.63. The van der Waals surface area contributed by atoms with E-state index in [-0.39, 0.29) is 11.7 Å². The molecule has 0 fully saturated rings. The second-order valence-electron chi connectivity index (χ2n) is 4.90. The number of carbonyl (C=O) groups excluding carboxylic acids is 1. The van der Waals surface area contributed by atoms with Crippen molar-refractivity contribution in [2.75, 3.05) is 5.32 Å². The molecule has 0 aromatic heterocycles. The highest BCUT2D eigenvalue weighted by molar-refractivity contribution is 6.07. The highest BCUT2D eigenvalue weighted by atomic mass is 19.1. The summed E-state index contributed by atoms with van der Waals surface area (Å²) in [4.78, 5) is 12.0. The van der Waals surface area contributed by atoms with Gasteiger partial charge in [-0.15, -0.1) is 0 Å². The van der Waals surface area contributed by atoms with E-state index in [4.69, 9.17) is 0 Å². The van der Waals surface area contributed by atoms with Crippen molar-refractivity contribution in [3.05, 3.63) is 84.2 Å². The first-order chi connectivity index (χ1) is 10.7. The van der Waals surface area contributed by atoms with Gasteiger partial charge in [0.2, 0.25) is 5.91 Å². The molecular weight excluding hydrogens is 277 g/mol. The summed E-state index contributed by atoms with van der Waals surface area (Å²) in [6, 6.07) is 19.6. The Balaban J connectivity index is 1.77. The van der Waals surface area contributed by atoms with Gasteiger partial charge in [-0.2, -0.15) is 0 Å². The topological polar surface area (TPSA) is 29.1 Å². The van der Waals surface area contributed by atoms with Crippen LogP contribution in [0, 0.1) is 5.82 Å². The van der Waals surface area contributed by atoms with E-state index in [9.17, 15) is 9.18 Å². The smallest absolute Gasteiger partial charge is 0.248 e. The first-order valence-electron chi connectivity index (χ1n) is 6.95.